The molecule has 1 fully saturated rings. The molecule has 1 N–H and O–H groups in total. The lowest BCUT2D eigenvalue weighted by Gasteiger charge is -2.31. The maximum Gasteiger partial charge on any atom is 0.109 e. The Kier molecular flexibility index (Phi) is 3.96. The van der Waals surface area contributed by atoms with Crippen molar-refractivity contribution >= 4 is 0 Å². The number of rotatable bonds is 4. The lowest BCUT2D eigenvalue weighted by atomic mass is 10.1. The van der Waals surface area contributed by atoms with E-state index in [2.05, 4.69) is 33.9 Å². The zero-order valence-electron chi connectivity index (χ0n) is 10.3. The second-order valence-corrected chi connectivity index (χ2v) is 4.67. The topological polar surface area (TPSA) is 33.1 Å². The second-order valence-electron chi connectivity index (χ2n) is 4.67. The summed E-state index contributed by atoms with van der Waals surface area (Å²) in [6.45, 7) is 3.43. The minimum atomic E-state index is 0.751. The first-order valence-electron chi connectivity index (χ1n) is 6.14. The Hall–Kier alpha value is -0.870. The minimum absolute atomic E-state index is 0.751. The molecule has 0 aliphatic carbocycles. The van der Waals surface area contributed by atoms with Gasteiger partial charge >= 0.3 is 0 Å². The Bertz CT molecular complexity index is 315. The lowest BCUT2D eigenvalue weighted by Crippen LogP contribution is -2.41. The SMILES string of the molecule is CN(CCc1nccn1C)C1CCNCC1. The number of nitrogens with zero attached hydrogens (tertiary/aromatic N) is 3. The molecule has 0 unspecified atom stereocenters. The molecule has 90 valence electrons. The van der Waals surface area contributed by atoms with Gasteiger partial charge in [0.1, 0.15) is 5.82 Å². The van der Waals surface area contributed by atoms with E-state index in [-0.39, 0.29) is 0 Å². The van der Waals surface area contributed by atoms with Crippen LogP contribution in [0.4, 0.5) is 0 Å². The van der Waals surface area contributed by atoms with E-state index in [0.717, 1.165) is 32.1 Å². The van der Waals surface area contributed by atoms with Crippen molar-refractivity contribution in [1.29, 1.82) is 0 Å². The summed E-state index contributed by atoms with van der Waals surface area (Å²) in [5.41, 5.74) is 0. The molecule has 4 nitrogen and oxygen atoms in total. The number of hydrogen-bond acceptors (Lipinski definition) is 3. The van der Waals surface area contributed by atoms with Crippen molar-refractivity contribution in [3.63, 3.8) is 0 Å². The zero-order chi connectivity index (χ0) is 11.4. The predicted molar refractivity (Wildman–Crippen MR) is 65.4 cm³/mol. The summed E-state index contributed by atoms with van der Waals surface area (Å²) in [4.78, 5) is 6.84. The summed E-state index contributed by atoms with van der Waals surface area (Å²) in [7, 11) is 4.30. The highest BCUT2D eigenvalue weighted by molar-refractivity contribution is 4.92. The largest absolute Gasteiger partial charge is 0.338 e. The van der Waals surface area contributed by atoms with E-state index in [1.165, 1.54) is 18.7 Å². The quantitative estimate of drug-likeness (QED) is 0.812. The number of imidazole rings is 1. The fraction of sp³-hybridized carbons (Fsp3) is 0.750. The average Bonchev–Trinajstić information content (AvgIpc) is 2.73. The number of aryl methyl sites for hydroxylation is 1. The molecule has 1 aliphatic heterocycles. The van der Waals surface area contributed by atoms with E-state index >= 15 is 0 Å². The predicted octanol–water partition coefficient (Wildman–Crippen LogP) is 0.646. The summed E-state index contributed by atoms with van der Waals surface area (Å²) in [5.74, 6) is 1.18. The monoisotopic (exact) mass is 222 g/mol. The van der Waals surface area contributed by atoms with Crippen LogP contribution < -0.4 is 5.32 Å². The maximum atomic E-state index is 4.36. The van der Waals surface area contributed by atoms with Gasteiger partial charge in [-0.25, -0.2) is 4.98 Å². The van der Waals surface area contributed by atoms with Crippen LogP contribution in [0.2, 0.25) is 0 Å². The van der Waals surface area contributed by atoms with Gasteiger partial charge in [-0.15, -0.1) is 0 Å². The van der Waals surface area contributed by atoms with Crippen LogP contribution in [0, 0.1) is 0 Å². The molecule has 0 spiro atoms. The van der Waals surface area contributed by atoms with E-state index in [1.54, 1.807) is 0 Å². The molecule has 0 radical (unpaired) electrons. The van der Waals surface area contributed by atoms with Crippen molar-refractivity contribution in [2.24, 2.45) is 7.05 Å². The van der Waals surface area contributed by atoms with Crippen LogP contribution in [0.15, 0.2) is 12.4 Å². The summed E-state index contributed by atoms with van der Waals surface area (Å²) >= 11 is 0. The first-order chi connectivity index (χ1) is 7.77. The van der Waals surface area contributed by atoms with Crippen LogP contribution in [0.1, 0.15) is 18.7 Å². The van der Waals surface area contributed by atoms with Gasteiger partial charge in [0.05, 0.1) is 0 Å². The summed E-state index contributed by atoms with van der Waals surface area (Å²) < 4.78 is 2.11. The van der Waals surface area contributed by atoms with Gasteiger partial charge in [0, 0.05) is 38.4 Å². The molecule has 1 aliphatic rings. The standard InChI is InChI=1S/C12H22N4/c1-15(11-3-6-13-7-4-11)9-5-12-14-8-10-16(12)2/h8,10-11,13H,3-7,9H2,1-2H3. The third-order valence-electron chi connectivity index (χ3n) is 3.54. The maximum absolute atomic E-state index is 4.36. The van der Waals surface area contributed by atoms with Crippen molar-refractivity contribution in [2.75, 3.05) is 26.7 Å². The number of nitrogens with one attached hydrogen (secondary N) is 1. The van der Waals surface area contributed by atoms with Crippen LogP contribution in [0.25, 0.3) is 0 Å². The molecule has 2 rings (SSSR count). The molecule has 2 heterocycles. The van der Waals surface area contributed by atoms with Crippen molar-refractivity contribution < 1.29 is 0 Å². The normalized spacial score (nSPS) is 18.2. The van der Waals surface area contributed by atoms with Gasteiger partial charge in [0.2, 0.25) is 0 Å². The fourth-order valence-electron chi connectivity index (χ4n) is 2.34. The van der Waals surface area contributed by atoms with Crippen LogP contribution in [-0.4, -0.2) is 47.2 Å². The highest BCUT2D eigenvalue weighted by Crippen LogP contribution is 2.10. The summed E-state index contributed by atoms with van der Waals surface area (Å²) in [6, 6.07) is 0.751. The van der Waals surface area contributed by atoms with Gasteiger partial charge in [-0.05, 0) is 33.0 Å². The Labute approximate surface area is 97.7 Å². The Morgan fingerprint density at radius 3 is 2.88 bits per heavy atom. The van der Waals surface area contributed by atoms with Crippen LogP contribution >= 0.6 is 0 Å². The minimum Gasteiger partial charge on any atom is -0.338 e. The number of piperidine rings is 1. The second kappa shape index (κ2) is 5.46. The van der Waals surface area contributed by atoms with Crippen molar-refractivity contribution in [3.8, 4) is 0 Å². The van der Waals surface area contributed by atoms with Crippen molar-refractivity contribution in [2.45, 2.75) is 25.3 Å². The van der Waals surface area contributed by atoms with Crippen molar-refractivity contribution in [3.05, 3.63) is 18.2 Å². The van der Waals surface area contributed by atoms with E-state index in [0.29, 0.717) is 0 Å². The highest BCUT2D eigenvalue weighted by Gasteiger charge is 2.17. The number of likely N-dealkylation sites (N-methyl/N-ethyl adjacent to an activating group) is 1. The molecular weight excluding hydrogens is 200 g/mol. The van der Waals surface area contributed by atoms with Gasteiger partial charge in [-0.1, -0.05) is 0 Å². The number of aromatic nitrogens is 2. The Morgan fingerprint density at radius 2 is 2.25 bits per heavy atom. The van der Waals surface area contributed by atoms with Gasteiger partial charge in [0.25, 0.3) is 0 Å². The van der Waals surface area contributed by atoms with Crippen LogP contribution in [-0.2, 0) is 13.5 Å². The first kappa shape index (κ1) is 11.6. The molecule has 0 atom stereocenters. The highest BCUT2D eigenvalue weighted by atomic mass is 15.1. The third-order valence-corrected chi connectivity index (χ3v) is 3.54. The molecule has 0 saturated carbocycles. The molecule has 4 heteroatoms. The molecule has 0 aromatic carbocycles. The van der Waals surface area contributed by atoms with Crippen LogP contribution in [0.5, 0.6) is 0 Å². The molecule has 0 bridgehead atoms. The van der Waals surface area contributed by atoms with Crippen LogP contribution in [0.3, 0.4) is 0 Å². The molecular formula is C12H22N4. The smallest absolute Gasteiger partial charge is 0.109 e. The average molecular weight is 222 g/mol. The molecule has 1 aromatic heterocycles. The van der Waals surface area contributed by atoms with Gasteiger partial charge < -0.3 is 14.8 Å². The fourth-order valence-corrected chi connectivity index (χ4v) is 2.34. The number of hydrogen-bond donors (Lipinski definition) is 1. The van der Waals surface area contributed by atoms with E-state index in [4.69, 9.17) is 0 Å². The molecule has 1 aromatic rings. The van der Waals surface area contributed by atoms with E-state index in [1.807, 2.05) is 12.4 Å². The van der Waals surface area contributed by atoms with Gasteiger partial charge in [-0.2, -0.15) is 0 Å². The summed E-state index contributed by atoms with van der Waals surface area (Å²) in [5, 5.41) is 3.41. The van der Waals surface area contributed by atoms with E-state index < -0.39 is 0 Å². The summed E-state index contributed by atoms with van der Waals surface area (Å²) in [6.07, 6.45) is 7.48. The van der Waals surface area contributed by atoms with Gasteiger partial charge in [-0.3, -0.25) is 0 Å². The molecule has 16 heavy (non-hydrogen) atoms. The van der Waals surface area contributed by atoms with Crippen molar-refractivity contribution in [1.82, 2.24) is 19.8 Å². The Balaban J connectivity index is 1.78. The molecule has 1 saturated heterocycles. The zero-order valence-corrected chi connectivity index (χ0v) is 10.3. The molecule has 0 amide bonds. The van der Waals surface area contributed by atoms with E-state index in [9.17, 15) is 0 Å². The first-order valence-corrected chi connectivity index (χ1v) is 6.14. The third kappa shape index (κ3) is 2.83. The van der Waals surface area contributed by atoms with Gasteiger partial charge in [0.15, 0.2) is 0 Å². The lowest BCUT2D eigenvalue weighted by molar-refractivity contribution is 0.200. The Morgan fingerprint density at radius 1 is 1.50 bits per heavy atom.